The van der Waals surface area contributed by atoms with Crippen LogP contribution in [-0.2, 0) is 5.41 Å². The number of allylic oxidation sites excluding steroid dienone is 1. The lowest BCUT2D eigenvalue weighted by Gasteiger charge is -2.25. The summed E-state index contributed by atoms with van der Waals surface area (Å²) in [7, 11) is 1.68. The van der Waals surface area contributed by atoms with Gasteiger partial charge in [0.2, 0.25) is 5.88 Å². The molecule has 0 aromatic carbocycles. The van der Waals surface area contributed by atoms with Crippen molar-refractivity contribution in [3.8, 4) is 5.88 Å². The van der Waals surface area contributed by atoms with Gasteiger partial charge in [0.25, 0.3) is 0 Å². The van der Waals surface area contributed by atoms with Crippen LogP contribution in [0.4, 0.5) is 0 Å². The molecule has 0 N–H and O–H groups in total. The van der Waals surface area contributed by atoms with Crippen LogP contribution in [0.5, 0.6) is 5.88 Å². The molecule has 0 amide bonds. The molecule has 0 saturated carbocycles. The minimum atomic E-state index is 0.0704. The van der Waals surface area contributed by atoms with Crippen LogP contribution in [0.3, 0.4) is 0 Å². The van der Waals surface area contributed by atoms with Gasteiger partial charge in [0, 0.05) is 24.4 Å². The maximum Gasteiger partial charge on any atom is 0.220 e. The number of nitrogens with zero attached hydrogens (tertiary/aromatic N) is 2. The summed E-state index contributed by atoms with van der Waals surface area (Å²) in [6.45, 7) is 7.38. The highest BCUT2D eigenvalue weighted by molar-refractivity contribution is 5.84. The van der Waals surface area contributed by atoms with Crippen LogP contribution in [0.1, 0.15) is 38.3 Å². The second kappa shape index (κ2) is 4.92. The number of hydrogen-bond acceptors (Lipinski definition) is 3. The van der Waals surface area contributed by atoms with Crippen molar-refractivity contribution in [2.24, 2.45) is 4.99 Å². The van der Waals surface area contributed by atoms with Crippen molar-refractivity contribution in [1.29, 1.82) is 0 Å². The van der Waals surface area contributed by atoms with E-state index in [-0.39, 0.29) is 5.41 Å². The maximum atomic E-state index is 5.44. The molecule has 1 aromatic heterocycles. The number of pyridine rings is 1. The standard InChI is InChI=1S/C15H20N2O/c1-15(2,3)12-7-10-17-14(18-4)13(12)11-5-8-16-9-6-11/h5,7,9-10H,6,8H2,1-4H3. The van der Waals surface area contributed by atoms with E-state index in [9.17, 15) is 0 Å². The van der Waals surface area contributed by atoms with Gasteiger partial charge in [0.1, 0.15) is 0 Å². The Kier molecular flexibility index (Phi) is 3.50. The van der Waals surface area contributed by atoms with E-state index in [4.69, 9.17) is 4.74 Å². The maximum absolute atomic E-state index is 5.44. The Balaban J connectivity index is 2.58. The highest BCUT2D eigenvalue weighted by Crippen LogP contribution is 2.36. The topological polar surface area (TPSA) is 34.5 Å². The quantitative estimate of drug-likeness (QED) is 0.800. The number of dihydropyridines is 1. The van der Waals surface area contributed by atoms with Crippen molar-refractivity contribution < 1.29 is 4.74 Å². The minimum absolute atomic E-state index is 0.0704. The van der Waals surface area contributed by atoms with Gasteiger partial charge in [-0.2, -0.15) is 0 Å². The first kappa shape index (κ1) is 12.8. The van der Waals surface area contributed by atoms with Gasteiger partial charge in [-0.25, -0.2) is 4.98 Å². The van der Waals surface area contributed by atoms with Crippen molar-refractivity contribution in [2.75, 3.05) is 13.7 Å². The van der Waals surface area contributed by atoms with Gasteiger partial charge in [0.15, 0.2) is 0 Å². The Morgan fingerprint density at radius 1 is 1.28 bits per heavy atom. The van der Waals surface area contributed by atoms with Crippen LogP contribution in [0.15, 0.2) is 23.3 Å². The summed E-state index contributed by atoms with van der Waals surface area (Å²) < 4.78 is 5.44. The van der Waals surface area contributed by atoms with Crippen LogP contribution in [0.2, 0.25) is 0 Å². The van der Waals surface area contributed by atoms with E-state index in [1.54, 1.807) is 7.11 Å². The summed E-state index contributed by atoms with van der Waals surface area (Å²) in [6.07, 6.45) is 6.80. The third-order valence-electron chi connectivity index (χ3n) is 3.12. The summed E-state index contributed by atoms with van der Waals surface area (Å²) >= 11 is 0. The van der Waals surface area contributed by atoms with Crippen molar-refractivity contribution >= 4 is 11.8 Å². The lowest BCUT2D eigenvalue weighted by Crippen LogP contribution is -2.16. The van der Waals surface area contributed by atoms with Gasteiger partial charge >= 0.3 is 0 Å². The summed E-state index contributed by atoms with van der Waals surface area (Å²) in [6, 6.07) is 2.09. The lowest BCUT2D eigenvalue weighted by atomic mass is 9.81. The largest absolute Gasteiger partial charge is 0.481 e. The predicted octanol–water partition coefficient (Wildman–Crippen LogP) is 3.25. The third kappa shape index (κ3) is 2.45. The van der Waals surface area contributed by atoms with Crippen LogP contribution in [0, 0.1) is 0 Å². The molecule has 0 atom stereocenters. The first-order valence-corrected chi connectivity index (χ1v) is 6.25. The number of hydrogen-bond donors (Lipinski definition) is 0. The molecule has 0 fully saturated rings. The molecule has 0 saturated heterocycles. The predicted molar refractivity (Wildman–Crippen MR) is 75.4 cm³/mol. The average Bonchev–Trinajstić information content (AvgIpc) is 2.38. The van der Waals surface area contributed by atoms with Gasteiger partial charge < -0.3 is 4.74 Å². The Labute approximate surface area is 109 Å². The normalized spacial score (nSPS) is 15.4. The van der Waals surface area contributed by atoms with Gasteiger partial charge in [-0.1, -0.05) is 26.8 Å². The summed E-state index contributed by atoms with van der Waals surface area (Å²) in [5.41, 5.74) is 3.75. The molecule has 1 aliphatic rings. The molecular weight excluding hydrogens is 224 g/mol. The SMILES string of the molecule is COc1nccc(C(C)(C)C)c1C1=CCN=CC1. The van der Waals surface area contributed by atoms with Crippen LogP contribution < -0.4 is 4.74 Å². The minimum Gasteiger partial charge on any atom is -0.481 e. The number of aliphatic imine (C=N–C) groups is 1. The zero-order chi connectivity index (χ0) is 13.2. The van der Waals surface area contributed by atoms with Gasteiger partial charge in [-0.3, -0.25) is 4.99 Å². The first-order valence-electron chi connectivity index (χ1n) is 6.25. The van der Waals surface area contributed by atoms with E-state index >= 15 is 0 Å². The van der Waals surface area contributed by atoms with Gasteiger partial charge in [-0.15, -0.1) is 0 Å². The molecule has 3 nitrogen and oxygen atoms in total. The van der Waals surface area contributed by atoms with Crippen LogP contribution >= 0.6 is 0 Å². The third-order valence-corrected chi connectivity index (χ3v) is 3.12. The van der Waals surface area contributed by atoms with Crippen molar-refractivity contribution in [3.63, 3.8) is 0 Å². The number of ether oxygens (including phenoxy) is 1. The van der Waals surface area contributed by atoms with Crippen molar-refractivity contribution in [1.82, 2.24) is 4.98 Å². The molecular formula is C15H20N2O. The van der Waals surface area contributed by atoms with E-state index in [1.807, 2.05) is 12.4 Å². The molecule has 0 aliphatic carbocycles. The number of methoxy groups -OCH3 is 1. The fraction of sp³-hybridized carbons (Fsp3) is 0.467. The van der Waals surface area contributed by atoms with Gasteiger partial charge in [-0.05, 0) is 22.6 Å². The second-order valence-corrected chi connectivity index (χ2v) is 5.47. The molecule has 96 valence electrons. The fourth-order valence-corrected chi connectivity index (χ4v) is 2.22. The zero-order valence-electron chi connectivity index (χ0n) is 11.5. The molecule has 2 rings (SSSR count). The summed E-state index contributed by atoms with van der Waals surface area (Å²) in [4.78, 5) is 8.58. The Hall–Kier alpha value is -1.64. The Morgan fingerprint density at radius 3 is 2.61 bits per heavy atom. The van der Waals surface area contributed by atoms with E-state index in [2.05, 4.69) is 42.9 Å². The molecule has 1 aliphatic heterocycles. The molecule has 0 spiro atoms. The smallest absolute Gasteiger partial charge is 0.220 e. The fourth-order valence-electron chi connectivity index (χ4n) is 2.22. The molecule has 0 radical (unpaired) electrons. The highest BCUT2D eigenvalue weighted by atomic mass is 16.5. The molecule has 18 heavy (non-hydrogen) atoms. The average molecular weight is 244 g/mol. The lowest BCUT2D eigenvalue weighted by molar-refractivity contribution is 0.394. The van der Waals surface area contributed by atoms with E-state index in [0.717, 1.165) is 18.5 Å². The monoisotopic (exact) mass is 244 g/mol. The molecule has 1 aromatic rings. The van der Waals surface area contributed by atoms with Crippen LogP contribution in [0.25, 0.3) is 5.57 Å². The summed E-state index contributed by atoms with van der Waals surface area (Å²) in [5, 5.41) is 0. The van der Waals surface area contributed by atoms with E-state index < -0.39 is 0 Å². The second-order valence-electron chi connectivity index (χ2n) is 5.47. The first-order chi connectivity index (χ1) is 8.54. The molecule has 2 heterocycles. The van der Waals surface area contributed by atoms with E-state index in [1.165, 1.54) is 11.1 Å². The summed E-state index contributed by atoms with van der Waals surface area (Å²) in [5.74, 6) is 0.712. The Morgan fingerprint density at radius 2 is 2.06 bits per heavy atom. The number of rotatable bonds is 2. The molecule has 0 bridgehead atoms. The van der Waals surface area contributed by atoms with Gasteiger partial charge in [0.05, 0.1) is 13.7 Å². The van der Waals surface area contributed by atoms with Crippen molar-refractivity contribution in [3.05, 3.63) is 29.5 Å². The van der Waals surface area contributed by atoms with Crippen molar-refractivity contribution in [2.45, 2.75) is 32.6 Å². The van der Waals surface area contributed by atoms with Crippen LogP contribution in [-0.4, -0.2) is 24.9 Å². The highest BCUT2D eigenvalue weighted by Gasteiger charge is 2.23. The zero-order valence-corrected chi connectivity index (χ0v) is 11.5. The molecule has 0 unspecified atom stereocenters. The Bertz CT molecular complexity index is 496. The number of aromatic nitrogens is 1. The molecule has 3 heteroatoms. The van der Waals surface area contributed by atoms with E-state index in [0.29, 0.717) is 5.88 Å².